The van der Waals surface area contributed by atoms with Gasteiger partial charge in [0.25, 0.3) is 0 Å². The second-order valence-corrected chi connectivity index (χ2v) is 16.8. The molecule has 5 heteroatoms. The number of rotatable bonds is 2. The molecule has 3 nitrogen and oxygen atoms in total. The van der Waals surface area contributed by atoms with Gasteiger partial charge >= 0.3 is 0 Å². The van der Waals surface area contributed by atoms with Gasteiger partial charge in [0.05, 0.1) is 22.8 Å². The molecule has 0 saturated carbocycles. The Labute approximate surface area is 284 Å². The van der Waals surface area contributed by atoms with Crippen LogP contribution in [0.1, 0.15) is 100 Å². The number of anilines is 3. The molecular formula is C40H39Br2N3. The second-order valence-electron chi connectivity index (χ2n) is 15.1. The number of fused-ring (bicyclic) bond motifs is 6. The smallest absolute Gasteiger partial charge is 0.109 e. The third-order valence-corrected chi connectivity index (χ3v) is 10.7. The topological polar surface area (TPSA) is 29.0 Å². The minimum atomic E-state index is -0.761. The van der Waals surface area contributed by atoms with Gasteiger partial charge in [0.2, 0.25) is 0 Å². The molecule has 5 aromatic rings. The first-order chi connectivity index (χ1) is 21.1. The van der Waals surface area contributed by atoms with Crippen molar-refractivity contribution in [2.75, 3.05) is 4.90 Å². The van der Waals surface area contributed by atoms with Crippen LogP contribution in [-0.4, -0.2) is 9.97 Å². The van der Waals surface area contributed by atoms with Gasteiger partial charge in [0, 0.05) is 11.1 Å². The summed E-state index contributed by atoms with van der Waals surface area (Å²) in [5.74, 6) is 0. The fourth-order valence-corrected chi connectivity index (χ4v) is 7.88. The van der Waals surface area contributed by atoms with E-state index < -0.39 is 5.41 Å². The Balaban J connectivity index is 1.67. The van der Waals surface area contributed by atoms with Crippen LogP contribution in [-0.2, 0) is 21.7 Å². The lowest BCUT2D eigenvalue weighted by molar-refractivity contribution is 0.581. The Morgan fingerprint density at radius 2 is 1.18 bits per heavy atom. The van der Waals surface area contributed by atoms with Crippen molar-refractivity contribution in [1.29, 1.82) is 0 Å². The maximum absolute atomic E-state index is 5.30. The number of pyridine rings is 2. The molecule has 0 spiro atoms. The number of aromatic nitrogens is 2. The monoisotopic (exact) mass is 719 g/mol. The van der Waals surface area contributed by atoms with Crippen molar-refractivity contribution in [3.63, 3.8) is 0 Å². The van der Waals surface area contributed by atoms with Crippen LogP contribution in [0.4, 0.5) is 17.1 Å². The highest BCUT2D eigenvalue weighted by Gasteiger charge is 2.51. The quantitative estimate of drug-likeness (QED) is 0.167. The van der Waals surface area contributed by atoms with Crippen molar-refractivity contribution in [1.82, 2.24) is 9.97 Å². The van der Waals surface area contributed by atoms with Crippen molar-refractivity contribution in [2.45, 2.75) is 77.0 Å². The van der Waals surface area contributed by atoms with Crippen molar-refractivity contribution >= 4 is 48.9 Å². The zero-order valence-corrected chi connectivity index (χ0v) is 30.4. The van der Waals surface area contributed by atoms with Crippen LogP contribution in [0.2, 0.25) is 0 Å². The summed E-state index contributed by atoms with van der Waals surface area (Å²) in [6.07, 6.45) is 0. The number of halogens is 2. The molecule has 0 fully saturated rings. The van der Waals surface area contributed by atoms with E-state index >= 15 is 0 Å². The van der Waals surface area contributed by atoms with E-state index in [1.165, 1.54) is 33.4 Å². The number of hydrogen-bond acceptors (Lipinski definition) is 3. The number of hydrogen-bond donors (Lipinski definition) is 0. The Morgan fingerprint density at radius 1 is 0.578 bits per heavy atom. The van der Waals surface area contributed by atoms with E-state index in [4.69, 9.17) is 9.97 Å². The molecule has 1 aliphatic carbocycles. The highest BCUT2D eigenvalue weighted by Crippen LogP contribution is 2.59. The first-order valence-electron chi connectivity index (χ1n) is 15.6. The average molecular weight is 722 g/mol. The van der Waals surface area contributed by atoms with Crippen molar-refractivity contribution in [3.05, 3.63) is 145 Å². The van der Waals surface area contributed by atoms with Crippen molar-refractivity contribution < 1.29 is 0 Å². The van der Waals surface area contributed by atoms with E-state index in [0.29, 0.717) is 0 Å². The predicted octanol–water partition coefficient (Wildman–Crippen LogP) is 11.4. The Kier molecular flexibility index (Phi) is 6.82. The van der Waals surface area contributed by atoms with Crippen molar-refractivity contribution in [3.8, 4) is 0 Å². The first kappa shape index (κ1) is 30.4. The molecule has 3 aromatic carbocycles. The Morgan fingerprint density at radius 3 is 1.82 bits per heavy atom. The van der Waals surface area contributed by atoms with E-state index in [2.05, 4.69) is 177 Å². The summed E-state index contributed by atoms with van der Waals surface area (Å²) < 4.78 is 1.64. The normalized spacial score (nSPS) is 18.2. The van der Waals surface area contributed by atoms with Crippen LogP contribution in [0.25, 0.3) is 0 Å². The molecule has 1 unspecified atom stereocenters. The van der Waals surface area contributed by atoms with Crippen LogP contribution < -0.4 is 4.90 Å². The van der Waals surface area contributed by atoms with Crippen LogP contribution in [0.5, 0.6) is 0 Å². The minimum absolute atomic E-state index is 0.0539. The van der Waals surface area contributed by atoms with Crippen LogP contribution in [0, 0.1) is 0 Å². The molecule has 0 radical (unpaired) electrons. The maximum atomic E-state index is 5.30. The summed E-state index contributed by atoms with van der Waals surface area (Å²) in [5, 5.41) is 0. The zero-order chi connectivity index (χ0) is 32.1. The van der Waals surface area contributed by atoms with Gasteiger partial charge in [-0.2, -0.15) is 0 Å². The molecule has 3 heterocycles. The molecule has 0 N–H and O–H groups in total. The third kappa shape index (κ3) is 4.64. The molecule has 2 aromatic heterocycles. The molecule has 4 bridgehead atoms. The van der Waals surface area contributed by atoms with Gasteiger partial charge in [-0.25, -0.2) is 9.97 Å². The first-order valence-corrected chi connectivity index (χ1v) is 17.2. The molecule has 0 amide bonds. The maximum Gasteiger partial charge on any atom is 0.109 e. The average Bonchev–Trinajstić information content (AvgIpc) is 2.97. The van der Waals surface area contributed by atoms with Crippen LogP contribution in [0.3, 0.4) is 0 Å². The van der Waals surface area contributed by atoms with Gasteiger partial charge in [-0.1, -0.05) is 97.9 Å². The summed E-state index contributed by atoms with van der Waals surface area (Å²) in [4.78, 5) is 13.0. The predicted molar refractivity (Wildman–Crippen MR) is 194 cm³/mol. The van der Waals surface area contributed by atoms with E-state index in [1.807, 2.05) is 6.07 Å². The van der Waals surface area contributed by atoms with Gasteiger partial charge in [-0.3, -0.25) is 0 Å². The molecular weight excluding hydrogens is 682 g/mol. The summed E-state index contributed by atoms with van der Waals surface area (Å²) in [7, 11) is 0. The van der Waals surface area contributed by atoms with E-state index in [-0.39, 0.29) is 16.2 Å². The Bertz CT molecular complexity index is 1980. The summed E-state index contributed by atoms with van der Waals surface area (Å²) in [6, 6.07) is 33.9. The minimum Gasteiger partial charge on any atom is -0.310 e. The van der Waals surface area contributed by atoms with Gasteiger partial charge in [-0.05, 0) is 125 Å². The standard InChI is InChI=1S/C40H39Br2N3/c1-37(2,3)24-12-16-28(17-13-24)45-31-18-14-25(38(4,5)6)20-29(31)40(33-10-9-11-35(41)43-33)30-21-26(15-19-32(30)45)39(7,8)27-22-34(40)44-36(42)23-27/h9-23H,1-8H3. The zero-order valence-electron chi connectivity index (χ0n) is 27.3. The largest absolute Gasteiger partial charge is 0.310 e. The lowest BCUT2D eigenvalue weighted by Crippen LogP contribution is -2.41. The summed E-state index contributed by atoms with van der Waals surface area (Å²) in [5.41, 5.74) is 11.8. The van der Waals surface area contributed by atoms with Gasteiger partial charge in [0.1, 0.15) is 14.6 Å². The van der Waals surface area contributed by atoms with Gasteiger partial charge in [-0.15, -0.1) is 0 Å². The highest BCUT2D eigenvalue weighted by molar-refractivity contribution is 9.10. The summed E-state index contributed by atoms with van der Waals surface area (Å²) in [6.45, 7) is 18.3. The lowest BCUT2D eigenvalue weighted by Gasteiger charge is -2.47. The summed E-state index contributed by atoms with van der Waals surface area (Å²) >= 11 is 7.56. The van der Waals surface area contributed by atoms with Gasteiger partial charge < -0.3 is 4.90 Å². The molecule has 228 valence electrons. The van der Waals surface area contributed by atoms with E-state index in [0.717, 1.165) is 37.7 Å². The molecule has 0 saturated heterocycles. The molecule has 45 heavy (non-hydrogen) atoms. The lowest BCUT2D eigenvalue weighted by atomic mass is 9.62. The Hall–Kier alpha value is -3.28. The van der Waals surface area contributed by atoms with Crippen molar-refractivity contribution in [2.24, 2.45) is 0 Å². The van der Waals surface area contributed by atoms with E-state index in [1.54, 1.807) is 0 Å². The molecule has 1 atom stereocenters. The molecule has 1 aliphatic heterocycles. The molecule has 2 aliphatic rings. The SMILES string of the molecule is CC(C)(C)c1ccc(N2c3ccc(C(C)(C)C)cc3C3(c4cccc(Br)n4)c4cc(cc(Br)n4)C(C)(C)c4ccc2c3c4)cc1. The van der Waals surface area contributed by atoms with Crippen LogP contribution >= 0.6 is 31.9 Å². The number of benzene rings is 3. The number of nitrogens with zero attached hydrogens (tertiary/aromatic N) is 3. The fraction of sp³-hybridized carbons (Fsp3) is 0.300. The third-order valence-electron chi connectivity index (χ3n) is 9.86. The van der Waals surface area contributed by atoms with E-state index in [9.17, 15) is 0 Å². The van der Waals surface area contributed by atoms with Gasteiger partial charge in [0.15, 0.2) is 0 Å². The molecule has 7 rings (SSSR count). The van der Waals surface area contributed by atoms with Crippen LogP contribution in [0.15, 0.2) is 100 Å². The highest BCUT2D eigenvalue weighted by atomic mass is 79.9. The fourth-order valence-electron chi connectivity index (χ4n) is 7.10. The second kappa shape index (κ2) is 10.1.